The van der Waals surface area contributed by atoms with Crippen LogP contribution in [0.15, 0.2) is 35.6 Å². The Morgan fingerprint density at radius 3 is 2.00 bits per heavy atom. The van der Waals surface area contributed by atoms with Crippen LogP contribution in [0.5, 0.6) is 0 Å². The minimum Gasteiger partial charge on any atom is -0.497 e. The van der Waals surface area contributed by atoms with Crippen LogP contribution in [0.2, 0.25) is 0 Å². The molecule has 0 unspecified atom stereocenters. The number of hydrogen-bond donors (Lipinski definition) is 0. The molecule has 1 nitrogen and oxygen atoms in total. The maximum atomic E-state index is 5.11. The molecule has 0 rings (SSSR count). The average molecular weight is 152 g/mol. The van der Waals surface area contributed by atoms with Gasteiger partial charge in [-0.3, -0.25) is 0 Å². The maximum absolute atomic E-state index is 5.11. The largest absolute Gasteiger partial charge is 0.497 e. The van der Waals surface area contributed by atoms with Crippen LogP contribution in [0.3, 0.4) is 0 Å². The predicted molar refractivity (Wildman–Crippen MR) is 49.3 cm³/mol. The van der Waals surface area contributed by atoms with E-state index in [1.807, 2.05) is 32.9 Å². The van der Waals surface area contributed by atoms with Crippen LogP contribution >= 0.6 is 0 Å². The van der Waals surface area contributed by atoms with Gasteiger partial charge in [-0.25, -0.2) is 0 Å². The van der Waals surface area contributed by atoms with Gasteiger partial charge >= 0.3 is 0 Å². The minimum absolute atomic E-state index is 0.910. The summed E-state index contributed by atoms with van der Waals surface area (Å²) in [6, 6.07) is 0. The van der Waals surface area contributed by atoms with E-state index in [1.165, 1.54) is 5.57 Å². The molecule has 0 spiro atoms. The van der Waals surface area contributed by atoms with Crippen LogP contribution < -0.4 is 0 Å². The van der Waals surface area contributed by atoms with Crippen molar-refractivity contribution >= 4 is 0 Å². The van der Waals surface area contributed by atoms with Crippen molar-refractivity contribution in [2.75, 3.05) is 7.11 Å². The highest BCUT2D eigenvalue weighted by molar-refractivity contribution is 5.23. The van der Waals surface area contributed by atoms with Gasteiger partial charge in [0, 0.05) is 0 Å². The Hall–Kier alpha value is -0.980. The fourth-order valence-electron chi connectivity index (χ4n) is 0.657. The number of allylic oxidation sites excluding steroid dienone is 4. The highest BCUT2D eigenvalue weighted by atomic mass is 16.5. The lowest BCUT2D eigenvalue weighted by Crippen LogP contribution is -1.84. The number of ether oxygens (including phenoxy) is 1. The summed E-state index contributed by atoms with van der Waals surface area (Å²) in [5.74, 6) is 0.910. The standard InChI is InChI=1S/C10H16O/c1-8(2)6-7-10(11-5)9(3)4/h6-7H,1H2,2-5H3/b7-6-. The van der Waals surface area contributed by atoms with E-state index >= 15 is 0 Å². The van der Waals surface area contributed by atoms with Crippen LogP contribution in [-0.2, 0) is 4.74 Å². The van der Waals surface area contributed by atoms with Crippen LogP contribution in [0.1, 0.15) is 20.8 Å². The van der Waals surface area contributed by atoms with Crippen molar-refractivity contribution in [3.63, 3.8) is 0 Å². The normalized spacial score (nSPS) is 9.82. The van der Waals surface area contributed by atoms with Crippen molar-refractivity contribution in [1.29, 1.82) is 0 Å². The number of methoxy groups -OCH3 is 1. The monoisotopic (exact) mass is 152 g/mol. The van der Waals surface area contributed by atoms with Gasteiger partial charge in [-0.2, -0.15) is 0 Å². The molecule has 0 atom stereocenters. The molecule has 0 bridgehead atoms. The molecular formula is C10H16O. The van der Waals surface area contributed by atoms with Crippen LogP contribution in [0, 0.1) is 0 Å². The van der Waals surface area contributed by atoms with Crippen LogP contribution in [-0.4, -0.2) is 7.11 Å². The minimum atomic E-state index is 0.910. The first-order valence-corrected chi connectivity index (χ1v) is 3.63. The van der Waals surface area contributed by atoms with Crippen LogP contribution in [0.4, 0.5) is 0 Å². The molecule has 0 aliphatic rings. The van der Waals surface area contributed by atoms with Crippen LogP contribution in [0.25, 0.3) is 0 Å². The molecule has 0 amide bonds. The summed E-state index contributed by atoms with van der Waals surface area (Å²) in [5.41, 5.74) is 2.20. The average Bonchev–Trinajstić information content (AvgIpc) is 1.87. The van der Waals surface area contributed by atoms with Gasteiger partial charge in [0.25, 0.3) is 0 Å². The zero-order chi connectivity index (χ0) is 8.85. The third-order valence-electron chi connectivity index (χ3n) is 1.23. The third kappa shape index (κ3) is 4.43. The second-order valence-electron chi connectivity index (χ2n) is 2.75. The van der Waals surface area contributed by atoms with Gasteiger partial charge in [0.2, 0.25) is 0 Å². The smallest absolute Gasteiger partial charge is 0.117 e. The Bertz CT molecular complexity index is 193. The molecule has 11 heavy (non-hydrogen) atoms. The molecule has 0 saturated heterocycles. The Kier molecular flexibility index (Phi) is 4.35. The molecule has 0 radical (unpaired) electrons. The van der Waals surface area contributed by atoms with Gasteiger partial charge < -0.3 is 4.74 Å². The third-order valence-corrected chi connectivity index (χ3v) is 1.23. The summed E-state index contributed by atoms with van der Waals surface area (Å²) in [6.45, 7) is 9.74. The SMILES string of the molecule is C=C(C)/C=C\C(OC)=C(C)C. The molecule has 0 saturated carbocycles. The molecule has 1 heteroatoms. The first-order chi connectivity index (χ1) is 5.07. The lowest BCUT2D eigenvalue weighted by atomic mass is 10.2. The van der Waals surface area contributed by atoms with E-state index in [9.17, 15) is 0 Å². The fourth-order valence-corrected chi connectivity index (χ4v) is 0.657. The Labute approximate surface area is 69.1 Å². The predicted octanol–water partition coefficient (Wildman–Crippen LogP) is 3.06. The molecule has 0 fully saturated rings. The van der Waals surface area contributed by atoms with E-state index in [0.29, 0.717) is 0 Å². The summed E-state index contributed by atoms with van der Waals surface area (Å²) in [6.07, 6.45) is 3.86. The molecule has 0 heterocycles. The summed E-state index contributed by atoms with van der Waals surface area (Å²) >= 11 is 0. The Morgan fingerprint density at radius 1 is 1.18 bits per heavy atom. The number of hydrogen-bond acceptors (Lipinski definition) is 1. The van der Waals surface area contributed by atoms with E-state index < -0.39 is 0 Å². The molecule has 0 aliphatic heterocycles. The zero-order valence-corrected chi connectivity index (χ0v) is 7.77. The molecule has 0 aliphatic carbocycles. The first kappa shape index (κ1) is 10.0. The zero-order valence-electron chi connectivity index (χ0n) is 7.77. The Balaban J connectivity index is 4.33. The Morgan fingerprint density at radius 2 is 1.73 bits per heavy atom. The fraction of sp³-hybridized carbons (Fsp3) is 0.400. The quantitative estimate of drug-likeness (QED) is 0.446. The van der Waals surface area contributed by atoms with Gasteiger partial charge in [0.15, 0.2) is 0 Å². The lowest BCUT2D eigenvalue weighted by molar-refractivity contribution is 0.302. The highest BCUT2D eigenvalue weighted by Gasteiger charge is 1.90. The van der Waals surface area contributed by atoms with Gasteiger partial charge in [-0.1, -0.05) is 18.2 Å². The molecular weight excluding hydrogens is 136 g/mol. The van der Waals surface area contributed by atoms with Crippen molar-refractivity contribution in [3.8, 4) is 0 Å². The van der Waals surface area contributed by atoms with Crippen molar-refractivity contribution < 1.29 is 4.74 Å². The van der Waals surface area contributed by atoms with E-state index in [4.69, 9.17) is 4.74 Å². The van der Waals surface area contributed by atoms with Gasteiger partial charge in [-0.05, 0) is 32.4 Å². The van der Waals surface area contributed by atoms with Crippen molar-refractivity contribution in [1.82, 2.24) is 0 Å². The van der Waals surface area contributed by atoms with E-state index in [1.54, 1.807) is 7.11 Å². The summed E-state index contributed by atoms with van der Waals surface area (Å²) < 4.78 is 5.11. The lowest BCUT2D eigenvalue weighted by Gasteiger charge is -2.01. The summed E-state index contributed by atoms with van der Waals surface area (Å²) in [4.78, 5) is 0. The summed E-state index contributed by atoms with van der Waals surface area (Å²) in [7, 11) is 1.67. The molecule has 0 aromatic rings. The van der Waals surface area contributed by atoms with Crippen molar-refractivity contribution in [2.24, 2.45) is 0 Å². The van der Waals surface area contributed by atoms with E-state index in [2.05, 4.69) is 6.58 Å². The van der Waals surface area contributed by atoms with Crippen molar-refractivity contribution in [2.45, 2.75) is 20.8 Å². The van der Waals surface area contributed by atoms with Gasteiger partial charge in [-0.15, -0.1) is 0 Å². The first-order valence-electron chi connectivity index (χ1n) is 3.63. The maximum Gasteiger partial charge on any atom is 0.117 e. The van der Waals surface area contributed by atoms with E-state index in [0.717, 1.165) is 11.3 Å². The van der Waals surface area contributed by atoms with Gasteiger partial charge in [0.1, 0.15) is 5.76 Å². The molecule has 0 N–H and O–H groups in total. The second-order valence-corrected chi connectivity index (χ2v) is 2.75. The molecule has 62 valence electrons. The topological polar surface area (TPSA) is 9.23 Å². The molecule has 0 aromatic heterocycles. The highest BCUT2D eigenvalue weighted by Crippen LogP contribution is 2.06. The number of rotatable bonds is 3. The van der Waals surface area contributed by atoms with Crippen molar-refractivity contribution in [3.05, 3.63) is 35.6 Å². The molecule has 0 aromatic carbocycles. The van der Waals surface area contributed by atoms with E-state index in [-0.39, 0.29) is 0 Å². The summed E-state index contributed by atoms with van der Waals surface area (Å²) in [5, 5.41) is 0. The second kappa shape index (κ2) is 4.78. The van der Waals surface area contributed by atoms with Gasteiger partial charge in [0.05, 0.1) is 7.11 Å².